The van der Waals surface area contributed by atoms with Crippen LogP contribution in [0.2, 0.25) is 0 Å². The third-order valence-corrected chi connectivity index (χ3v) is 2.68. The van der Waals surface area contributed by atoms with E-state index in [2.05, 4.69) is 13.0 Å². The molecule has 0 saturated heterocycles. The second-order valence-electron chi connectivity index (χ2n) is 4.02. The Hall–Kier alpha value is -0.720. The fourth-order valence-corrected chi connectivity index (χ4v) is 1.80. The summed E-state index contributed by atoms with van der Waals surface area (Å²) in [6.07, 6.45) is 4.96. The molecule has 0 bridgehead atoms. The van der Waals surface area contributed by atoms with Crippen LogP contribution in [0.5, 0.6) is 0 Å². The fraction of sp³-hybridized carbons (Fsp3) is 0.545. The average Bonchev–Trinajstić information content (AvgIpc) is 2.17. The van der Waals surface area contributed by atoms with Gasteiger partial charge in [-0.2, -0.15) is 0 Å². The molecule has 5 nitrogen and oxygen atoms in total. The monoisotopic (exact) mass is 262 g/mol. The van der Waals surface area contributed by atoms with Crippen molar-refractivity contribution in [2.45, 2.75) is 39.5 Å². The second kappa shape index (κ2) is 5.75. The minimum absolute atomic E-state index is 1.08. The van der Waals surface area contributed by atoms with E-state index < -0.39 is 10.2 Å². The number of hydrogen-bond acceptors (Lipinski definition) is 4. The molecule has 1 aromatic heterocycles. The van der Waals surface area contributed by atoms with Gasteiger partial charge >= 0.3 is 11.5 Å². The minimum atomic E-state index is -4.94. The van der Waals surface area contributed by atoms with Gasteiger partial charge in [0, 0.05) is 5.56 Å². The lowest BCUT2D eigenvalue weighted by Crippen LogP contribution is -2.68. The lowest BCUT2D eigenvalue weighted by atomic mass is 9.96. The highest BCUT2D eigenvalue weighted by molar-refractivity contribution is 5.27. The summed E-state index contributed by atoms with van der Waals surface area (Å²) in [6.45, 7) is 4.16. The number of fused-ring (bicyclic) bond motifs is 1. The van der Waals surface area contributed by atoms with Gasteiger partial charge in [-0.15, -0.1) is 10.2 Å². The van der Waals surface area contributed by atoms with E-state index in [0.29, 0.717) is 0 Å². The first kappa shape index (κ1) is 14.3. The van der Waals surface area contributed by atoms with Gasteiger partial charge in [-0.25, -0.2) is 23.1 Å². The van der Waals surface area contributed by atoms with Crippen molar-refractivity contribution in [1.29, 1.82) is 0 Å². The normalized spacial score (nSPS) is 14.7. The van der Waals surface area contributed by atoms with Crippen molar-refractivity contribution in [1.82, 2.24) is 0 Å². The van der Waals surface area contributed by atoms with Gasteiger partial charge in [0.2, 0.25) is 0 Å². The molecule has 1 heterocycles. The summed E-state index contributed by atoms with van der Waals surface area (Å²) in [5.41, 5.74) is 2.72. The maximum atomic E-state index is 8.49. The molecule has 6 heteroatoms. The standard InChI is InChI=1S/C11H15O.ClHO4/c1-8-7-10-5-3-4-6-11(10)12-9(8)2;2-1(3,4)5/h7H,3-6H2,1-2H3;(H,2,3,4,5)/q+1;/p-1. The first-order chi connectivity index (χ1) is 7.77. The fourth-order valence-electron chi connectivity index (χ4n) is 1.80. The molecule has 1 aromatic rings. The molecule has 0 amide bonds. The molecule has 1 aliphatic rings. The van der Waals surface area contributed by atoms with Crippen molar-refractivity contribution >= 4 is 0 Å². The Bertz CT molecular complexity index is 349. The Balaban J connectivity index is 0.000000249. The van der Waals surface area contributed by atoms with Crippen molar-refractivity contribution in [2.75, 3.05) is 0 Å². The van der Waals surface area contributed by atoms with Crippen LogP contribution in [0, 0.1) is 24.1 Å². The highest BCUT2D eigenvalue weighted by Crippen LogP contribution is 2.23. The molecule has 0 spiro atoms. The van der Waals surface area contributed by atoms with E-state index in [1.807, 2.05) is 6.92 Å². The SMILES string of the molecule is Cc1cc2c([o+]c1C)CCCC2.[O-][Cl+3]([O-])([O-])[O-]. The van der Waals surface area contributed by atoms with Gasteiger partial charge in [-0.05, 0) is 32.3 Å². The van der Waals surface area contributed by atoms with Crippen molar-refractivity contribution in [3.05, 3.63) is 28.7 Å². The molecule has 0 saturated carbocycles. The molecule has 0 N–H and O–H groups in total. The topological polar surface area (TPSA) is 104 Å². The molecule has 17 heavy (non-hydrogen) atoms. The summed E-state index contributed by atoms with van der Waals surface area (Å²) in [5, 5.41) is 0. The van der Waals surface area contributed by atoms with Gasteiger partial charge in [-0.3, -0.25) is 0 Å². The summed E-state index contributed by atoms with van der Waals surface area (Å²) in [6, 6.07) is 2.29. The third-order valence-electron chi connectivity index (χ3n) is 2.68. The molecule has 0 radical (unpaired) electrons. The Morgan fingerprint density at radius 1 is 1.06 bits per heavy atom. The summed E-state index contributed by atoms with van der Waals surface area (Å²) >= 11 is 0. The van der Waals surface area contributed by atoms with Crippen molar-refractivity contribution in [2.24, 2.45) is 0 Å². The predicted molar refractivity (Wildman–Crippen MR) is 49.2 cm³/mol. The smallest absolute Gasteiger partial charge is 0.222 e. The van der Waals surface area contributed by atoms with Gasteiger partial charge in [0.15, 0.2) is 0 Å². The van der Waals surface area contributed by atoms with Crippen LogP contribution in [-0.2, 0) is 12.8 Å². The average molecular weight is 263 g/mol. The van der Waals surface area contributed by atoms with Gasteiger partial charge in [0.05, 0.1) is 18.9 Å². The van der Waals surface area contributed by atoms with Gasteiger partial charge in [-0.1, -0.05) is 0 Å². The van der Waals surface area contributed by atoms with E-state index in [0.717, 1.165) is 12.2 Å². The largest absolute Gasteiger partial charge is 0.332 e. The van der Waals surface area contributed by atoms with Crippen LogP contribution >= 0.6 is 0 Å². The second-order valence-corrected chi connectivity index (χ2v) is 4.78. The quantitative estimate of drug-likeness (QED) is 0.519. The zero-order valence-electron chi connectivity index (χ0n) is 9.82. The third kappa shape index (κ3) is 5.43. The van der Waals surface area contributed by atoms with E-state index in [-0.39, 0.29) is 0 Å². The number of halogens is 1. The first-order valence-corrected chi connectivity index (χ1v) is 6.54. The van der Waals surface area contributed by atoms with E-state index in [9.17, 15) is 0 Å². The van der Waals surface area contributed by atoms with Crippen molar-refractivity contribution < 1.29 is 33.3 Å². The maximum absolute atomic E-state index is 8.49. The summed E-state index contributed by atoms with van der Waals surface area (Å²) in [4.78, 5) is 0. The van der Waals surface area contributed by atoms with Crippen LogP contribution in [-0.4, -0.2) is 0 Å². The number of hydrogen-bond donors (Lipinski definition) is 0. The molecular formula is C11H15ClO5. The molecule has 0 aromatic carbocycles. The summed E-state index contributed by atoms with van der Waals surface area (Å²) in [5.74, 6) is 2.31. The molecule has 1 aliphatic carbocycles. The van der Waals surface area contributed by atoms with E-state index in [1.165, 1.54) is 36.1 Å². The van der Waals surface area contributed by atoms with Crippen LogP contribution in [0.25, 0.3) is 0 Å². The molecule has 0 aliphatic heterocycles. The van der Waals surface area contributed by atoms with Gasteiger partial charge in [0.25, 0.3) is 0 Å². The molecule has 0 atom stereocenters. The Labute approximate surface area is 102 Å². The lowest BCUT2D eigenvalue weighted by molar-refractivity contribution is -2.00. The minimum Gasteiger partial charge on any atom is -0.222 e. The van der Waals surface area contributed by atoms with E-state index >= 15 is 0 Å². The summed E-state index contributed by atoms with van der Waals surface area (Å²) in [7, 11) is -4.94. The predicted octanol–water partition coefficient (Wildman–Crippen LogP) is -1.70. The highest BCUT2D eigenvalue weighted by Gasteiger charge is 2.22. The zero-order chi connectivity index (χ0) is 13.1. The van der Waals surface area contributed by atoms with Gasteiger partial charge in [0.1, 0.15) is 0 Å². The Kier molecular flexibility index (Phi) is 4.85. The van der Waals surface area contributed by atoms with Crippen molar-refractivity contribution in [3.8, 4) is 0 Å². The molecule has 0 unspecified atom stereocenters. The van der Waals surface area contributed by atoms with E-state index in [1.54, 1.807) is 0 Å². The van der Waals surface area contributed by atoms with Crippen LogP contribution in [0.3, 0.4) is 0 Å². The highest BCUT2D eigenvalue weighted by atomic mass is 35.7. The first-order valence-electron chi connectivity index (χ1n) is 5.31. The van der Waals surface area contributed by atoms with Crippen LogP contribution in [0.15, 0.2) is 10.5 Å². The molecule has 2 rings (SSSR count). The Morgan fingerprint density at radius 2 is 1.59 bits per heavy atom. The maximum Gasteiger partial charge on any atom is 0.332 e. The molecule has 0 fully saturated rings. The number of rotatable bonds is 0. The van der Waals surface area contributed by atoms with Gasteiger partial charge < -0.3 is 0 Å². The summed E-state index contributed by atoms with van der Waals surface area (Å²) < 4.78 is 39.7. The van der Waals surface area contributed by atoms with E-state index in [4.69, 9.17) is 23.1 Å². The van der Waals surface area contributed by atoms with Crippen LogP contribution in [0.4, 0.5) is 0 Å². The Morgan fingerprint density at radius 3 is 2.18 bits per heavy atom. The molecular weight excluding hydrogens is 248 g/mol. The number of aryl methyl sites for hydroxylation is 4. The molecule has 96 valence electrons. The zero-order valence-corrected chi connectivity index (χ0v) is 10.6. The van der Waals surface area contributed by atoms with Crippen LogP contribution < -0.4 is 18.6 Å². The van der Waals surface area contributed by atoms with Crippen molar-refractivity contribution in [3.63, 3.8) is 0 Å². The van der Waals surface area contributed by atoms with Crippen LogP contribution in [0.1, 0.15) is 35.5 Å². The lowest BCUT2D eigenvalue weighted by Gasteiger charge is -2.17.